The standard InChI is InChI=1S/C21H27Cl2N7/c1-28(24-15-16-8-9-17(22)14-18(16)23)19-25-20(29-10-4-2-5-11-29)27-21(26-19)30-12-6-3-7-13-30/h8-9,14-15H,2-7,10-13H2,1H3/b24-15-. The molecule has 0 saturated carbocycles. The molecule has 30 heavy (non-hydrogen) atoms. The molecule has 2 aliphatic heterocycles. The van der Waals surface area contributed by atoms with Crippen LogP contribution in [0.1, 0.15) is 44.1 Å². The van der Waals surface area contributed by atoms with E-state index in [0.29, 0.717) is 16.0 Å². The van der Waals surface area contributed by atoms with Crippen molar-refractivity contribution in [3.63, 3.8) is 0 Å². The van der Waals surface area contributed by atoms with E-state index in [2.05, 4.69) is 14.9 Å². The van der Waals surface area contributed by atoms with Gasteiger partial charge in [0.2, 0.25) is 11.9 Å². The van der Waals surface area contributed by atoms with Crippen LogP contribution in [0, 0.1) is 0 Å². The maximum absolute atomic E-state index is 6.26. The Hall–Kier alpha value is -2.12. The van der Waals surface area contributed by atoms with Crippen LogP contribution < -0.4 is 14.8 Å². The summed E-state index contributed by atoms with van der Waals surface area (Å²) >= 11 is 12.2. The van der Waals surface area contributed by atoms with Crippen molar-refractivity contribution in [2.24, 2.45) is 5.10 Å². The van der Waals surface area contributed by atoms with Crippen LogP contribution in [0.4, 0.5) is 17.8 Å². The summed E-state index contributed by atoms with van der Waals surface area (Å²) in [6, 6.07) is 5.34. The zero-order chi connectivity index (χ0) is 20.9. The molecule has 1 aromatic carbocycles. The van der Waals surface area contributed by atoms with Gasteiger partial charge in [0.05, 0.1) is 11.2 Å². The van der Waals surface area contributed by atoms with Crippen LogP contribution in [-0.4, -0.2) is 54.4 Å². The van der Waals surface area contributed by atoms with E-state index in [-0.39, 0.29) is 0 Å². The van der Waals surface area contributed by atoms with E-state index in [9.17, 15) is 0 Å². The molecule has 0 spiro atoms. The second kappa shape index (κ2) is 9.79. The third-order valence-corrected chi connectivity index (χ3v) is 6.06. The van der Waals surface area contributed by atoms with Gasteiger partial charge in [-0.15, -0.1) is 0 Å². The second-order valence-corrected chi connectivity index (χ2v) is 8.61. The van der Waals surface area contributed by atoms with Crippen LogP contribution in [0.3, 0.4) is 0 Å². The molecule has 0 amide bonds. The average Bonchev–Trinajstić information content (AvgIpc) is 2.79. The van der Waals surface area contributed by atoms with Crippen LogP contribution in [0.5, 0.6) is 0 Å². The Labute approximate surface area is 187 Å². The lowest BCUT2D eigenvalue weighted by Gasteiger charge is -2.30. The number of nitrogens with zero attached hydrogens (tertiary/aromatic N) is 7. The highest BCUT2D eigenvalue weighted by atomic mass is 35.5. The molecule has 0 bridgehead atoms. The molecule has 9 heteroatoms. The first-order valence-electron chi connectivity index (χ1n) is 10.6. The molecule has 4 rings (SSSR count). The highest BCUT2D eigenvalue weighted by molar-refractivity contribution is 6.36. The number of aromatic nitrogens is 3. The van der Waals surface area contributed by atoms with E-state index >= 15 is 0 Å². The summed E-state index contributed by atoms with van der Waals surface area (Å²) in [5.41, 5.74) is 0.787. The maximum atomic E-state index is 6.26. The molecule has 2 fully saturated rings. The topological polar surface area (TPSA) is 60.8 Å². The third kappa shape index (κ3) is 5.13. The van der Waals surface area contributed by atoms with E-state index in [1.54, 1.807) is 23.4 Å². The van der Waals surface area contributed by atoms with Crippen molar-refractivity contribution in [2.75, 3.05) is 48.0 Å². The SMILES string of the molecule is CN(/N=C\c1ccc(Cl)cc1Cl)c1nc(N2CCCCC2)nc(N2CCCCC2)n1. The molecule has 7 nitrogen and oxygen atoms in total. The van der Waals surface area contributed by atoms with Crippen LogP contribution in [-0.2, 0) is 0 Å². The van der Waals surface area contributed by atoms with Crippen molar-refractivity contribution in [2.45, 2.75) is 38.5 Å². The minimum atomic E-state index is 0.535. The van der Waals surface area contributed by atoms with E-state index in [1.807, 2.05) is 13.1 Å². The summed E-state index contributed by atoms with van der Waals surface area (Å²) in [5.74, 6) is 2.02. The number of rotatable bonds is 5. The molecule has 0 radical (unpaired) electrons. The molecular weight excluding hydrogens is 421 g/mol. The Morgan fingerprint density at radius 2 is 1.43 bits per heavy atom. The molecule has 0 unspecified atom stereocenters. The zero-order valence-electron chi connectivity index (χ0n) is 17.3. The summed E-state index contributed by atoms with van der Waals surface area (Å²) in [6.45, 7) is 3.93. The molecule has 3 heterocycles. The quantitative estimate of drug-likeness (QED) is 0.491. The summed E-state index contributed by atoms with van der Waals surface area (Å²) in [5, 5.41) is 7.34. The molecule has 2 aromatic rings. The number of hydrogen-bond acceptors (Lipinski definition) is 7. The Bertz CT molecular complexity index is 857. The van der Waals surface area contributed by atoms with Gasteiger partial charge in [0.15, 0.2) is 0 Å². The zero-order valence-corrected chi connectivity index (χ0v) is 18.8. The number of anilines is 3. The summed E-state index contributed by atoms with van der Waals surface area (Å²) in [7, 11) is 1.84. The van der Waals surface area contributed by atoms with Gasteiger partial charge in [0, 0.05) is 43.8 Å². The molecule has 2 saturated heterocycles. The Morgan fingerprint density at radius 1 is 0.867 bits per heavy atom. The number of halogens is 2. The van der Waals surface area contributed by atoms with Crippen LogP contribution in [0.2, 0.25) is 10.0 Å². The lowest BCUT2D eigenvalue weighted by molar-refractivity contribution is 0.555. The minimum Gasteiger partial charge on any atom is -0.341 e. The molecule has 0 aliphatic carbocycles. The predicted octanol–water partition coefficient (Wildman–Crippen LogP) is 4.63. The van der Waals surface area contributed by atoms with Gasteiger partial charge in [-0.2, -0.15) is 20.1 Å². The number of hydrazone groups is 1. The fourth-order valence-corrected chi connectivity index (χ4v) is 4.22. The summed E-state index contributed by atoms with van der Waals surface area (Å²) < 4.78 is 0. The lowest BCUT2D eigenvalue weighted by Crippen LogP contribution is -2.35. The van der Waals surface area contributed by atoms with E-state index < -0.39 is 0 Å². The van der Waals surface area contributed by atoms with E-state index in [1.165, 1.54) is 38.5 Å². The van der Waals surface area contributed by atoms with Gasteiger partial charge in [-0.3, -0.25) is 0 Å². The normalized spacial score (nSPS) is 17.6. The monoisotopic (exact) mass is 447 g/mol. The maximum Gasteiger partial charge on any atom is 0.252 e. The second-order valence-electron chi connectivity index (χ2n) is 7.76. The Morgan fingerprint density at radius 3 is 1.97 bits per heavy atom. The third-order valence-electron chi connectivity index (χ3n) is 5.50. The molecule has 160 valence electrons. The molecule has 1 aromatic heterocycles. The first-order chi connectivity index (χ1) is 14.6. The van der Waals surface area contributed by atoms with Gasteiger partial charge in [0.25, 0.3) is 5.95 Å². The average molecular weight is 448 g/mol. The first kappa shape index (κ1) is 21.1. The van der Waals surface area contributed by atoms with Gasteiger partial charge in [-0.1, -0.05) is 29.3 Å². The molecule has 0 N–H and O–H groups in total. The largest absolute Gasteiger partial charge is 0.341 e. The molecule has 2 aliphatic rings. The lowest BCUT2D eigenvalue weighted by atomic mass is 10.1. The molecular formula is C21H27Cl2N7. The highest BCUT2D eigenvalue weighted by Crippen LogP contribution is 2.24. The van der Waals surface area contributed by atoms with Gasteiger partial charge in [-0.25, -0.2) is 5.01 Å². The highest BCUT2D eigenvalue weighted by Gasteiger charge is 2.21. The van der Waals surface area contributed by atoms with Crippen molar-refractivity contribution in [3.05, 3.63) is 33.8 Å². The van der Waals surface area contributed by atoms with Crippen molar-refractivity contribution >= 4 is 47.3 Å². The van der Waals surface area contributed by atoms with Crippen molar-refractivity contribution in [1.29, 1.82) is 0 Å². The van der Waals surface area contributed by atoms with Crippen molar-refractivity contribution in [3.8, 4) is 0 Å². The van der Waals surface area contributed by atoms with Crippen LogP contribution in [0.25, 0.3) is 0 Å². The summed E-state index contributed by atoms with van der Waals surface area (Å²) in [6.07, 6.45) is 8.90. The Kier molecular flexibility index (Phi) is 6.89. The minimum absolute atomic E-state index is 0.535. The summed E-state index contributed by atoms with van der Waals surface area (Å²) in [4.78, 5) is 18.8. The fourth-order valence-electron chi connectivity index (χ4n) is 3.77. The van der Waals surface area contributed by atoms with E-state index in [4.69, 9.17) is 38.2 Å². The fraction of sp³-hybridized carbons (Fsp3) is 0.524. The van der Waals surface area contributed by atoms with Gasteiger partial charge in [-0.05, 0) is 50.7 Å². The van der Waals surface area contributed by atoms with Gasteiger partial charge >= 0.3 is 0 Å². The van der Waals surface area contributed by atoms with Crippen LogP contribution in [0.15, 0.2) is 23.3 Å². The van der Waals surface area contributed by atoms with Gasteiger partial charge < -0.3 is 9.80 Å². The van der Waals surface area contributed by atoms with Crippen LogP contribution >= 0.6 is 23.2 Å². The number of piperidine rings is 2. The van der Waals surface area contributed by atoms with Gasteiger partial charge in [0.1, 0.15) is 0 Å². The Balaban J connectivity index is 1.61. The number of hydrogen-bond donors (Lipinski definition) is 0. The first-order valence-corrected chi connectivity index (χ1v) is 11.3. The number of benzene rings is 1. The molecule has 0 atom stereocenters. The van der Waals surface area contributed by atoms with Crippen molar-refractivity contribution in [1.82, 2.24) is 15.0 Å². The van der Waals surface area contributed by atoms with E-state index in [0.717, 1.165) is 43.6 Å². The smallest absolute Gasteiger partial charge is 0.252 e. The predicted molar refractivity (Wildman–Crippen MR) is 124 cm³/mol. The van der Waals surface area contributed by atoms with Crippen molar-refractivity contribution < 1.29 is 0 Å².